The van der Waals surface area contributed by atoms with Gasteiger partial charge in [0.1, 0.15) is 6.04 Å². The van der Waals surface area contributed by atoms with Gasteiger partial charge in [0, 0.05) is 26.6 Å². The Hall–Kier alpha value is -1.30. The summed E-state index contributed by atoms with van der Waals surface area (Å²) < 4.78 is 0. The number of aliphatic hydroxyl groups is 1. The van der Waals surface area contributed by atoms with Crippen molar-refractivity contribution in [3.05, 3.63) is 0 Å². The monoisotopic (exact) mass is 284 g/mol. The summed E-state index contributed by atoms with van der Waals surface area (Å²) in [4.78, 5) is 26.4. The average molecular weight is 284 g/mol. The van der Waals surface area contributed by atoms with Gasteiger partial charge in [0.05, 0.1) is 6.10 Å². The number of aliphatic hydroxyl groups excluding tert-OH is 1. The SMILES string of the molecule is CN(CC1CCCCC1)C(=O)N1C[C@H](O)C[C@@H]1C(=O)O. The van der Waals surface area contributed by atoms with E-state index in [9.17, 15) is 14.7 Å². The fourth-order valence-corrected chi connectivity index (χ4v) is 3.31. The first-order chi connectivity index (χ1) is 9.49. The maximum Gasteiger partial charge on any atom is 0.326 e. The van der Waals surface area contributed by atoms with Crippen molar-refractivity contribution in [2.45, 2.75) is 50.7 Å². The molecule has 0 radical (unpaired) electrons. The van der Waals surface area contributed by atoms with Gasteiger partial charge in [-0.15, -0.1) is 0 Å². The van der Waals surface area contributed by atoms with E-state index in [2.05, 4.69) is 0 Å². The number of carboxylic acid groups (broad SMARTS) is 1. The van der Waals surface area contributed by atoms with Crippen molar-refractivity contribution in [2.75, 3.05) is 20.1 Å². The fraction of sp³-hybridized carbons (Fsp3) is 0.857. The number of carbonyl (C=O) groups excluding carboxylic acids is 1. The largest absolute Gasteiger partial charge is 0.480 e. The van der Waals surface area contributed by atoms with Crippen LogP contribution in [0.4, 0.5) is 4.79 Å². The predicted molar refractivity (Wildman–Crippen MR) is 73.4 cm³/mol. The van der Waals surface area contributed by atoms with Crippen LogP contribution in [-0.2, 0) is 4.79 Å². The van der Waals surface area contributed by atoms with E-state index in [-0.39, 0.29) is 19.0 Å². The second-order valence-electron chi connectivity index (χ2n) is 6.06. The number of carboxylic acids is 1. The number of aliphatic carboxylic acids is 1. The van der Waals surface area contributed by atoms with Crippen LogP contribution in [0, 0.1) is 5.92 Å². The highest BCUT2D eigenvalue weighted by molar-refractivity contribution is 5.83. The average Bonchev–Trinajstić information content (AvgIpc) is 2.81. The maximum absolute atomic E-state index is 12.4. The van der Waals surface area contributed by atoms with Crippen LogP contribution in [0.25, 0.3) is 0 Å². The molecule has 114 valence electrons. The molecule has 2 fully saturated rings. The smallest absolute Gasteiger partial charge is 0.326 e. The Morgan fingerprint density at radius 3 is 2.50 bits per heavy atom. The molecule has 0 aromatic heterocycles. The van der Waals surface area contributed by atoms with Crippen molar-refractivity contribution in [1.29, 1.82) is 0 Å². The van der Waals surface area contributed by atoms with E-state index in [1.165, 1.54) is 24.2 Å². The van der Waals surface area contributed by atoms with Crippen LogP contribution in [0.3, 0.4) is 0 Å². The summed E-state index contributed by atoms with van der Waals surface area (Å²) in [5.74, 6) is -0.519. The summed E-state index contributed by atoms with van der Waals surface area (Å²) in [6.07, 6.45) is 5.37. The molecule has 0 unspecified atom stereocenters. The molecule has 2 atom stereocenters. The van der Waals surface area contributed by atoms with Crippen LogP contribution in [0.15, 0.2) is 0 Å². The quantitative estimate of drug-likeness (QED) is 0.814. The molecular weight excluding hydrogens is 260 g/mol. The number of hydrogen-bond donors (Lipinski definition) is 2. The number of likely N-dealkylation sites (tertiary alicyclic amines) is 1. The molecule has 2 N–H and O–H groups in total. The lowest BCUT2D eigenvalue weighted by Crippen LogP contribution is -2.48. The number of β-amino-alcohol motifs (C(OH)–C–C–N with tert-alkyl or cyclic N) is 1. The molecular formula is C14H24N2O4. The summed E-state index contributed by atoms with van der Waals surface area (Å²) >= 11 is 0. The Morgan fingerprint density at radius 1 is 1.25 bits per heavy atom. The lowest BCUT2D eigenvalue weighted by atomic mass is 9.89. The minimum atomic E-state index is -1.04. The molecule has 6 nitrogen and oxygen atoms in total. The first kappa shape index (κ1) is 15.1. The third kappa shape index (κ3) is 3.42. The number of amides is 2. The van der Waals surface area contributed by atoms with Crippen LogP contribution in [0.5, 0.6) is 0 Å². The van der Waals surface area contributed by atoms with Crippen molar-refractivity contribution in [2.24, 2.45) is 5.92 Å². The van der Waals surface area contributed by atoms with Crippen molar-refractivity contribution in [1.82, 2.24) is 9.80 Å². The Balaban J connectivity index is 1.93. The zero-order valence-electron chi connectivity index (χ0n) is 12.0. The molecule has 1 aliphatic heterocycles. The van der Waals surface area contributed by atoms with Crippen molar-refractivity contribution < 1.29 is 19.8 Å². The predicted octanol–water partition coefficient (Wildman–Crippen LogP) is 1.14. The molecule has 6 heteroatoms. The third-order valence-electron chi connectivity index (χ3n) is 4.39. The molecule has 20 heavy (non-hydrogen) atoms. The highest BCUT2D eigenvalue weighted by Gasteiger charge is 2.40. The van der Waals surface area contributed by atoms with Gasteiger partial charge in [-0.3, -0.25) is 0 Å². The first-order valence-corrected chi connectivity index (χ1v) is 7.41. The molecule has 0 bridgehead atoms. The highest BCUT2D eigenvalue weighted by Crippen LogP contribution is 2.25. The minimum Gasteiger partial charge on any atom is -0.480 e. The molecule has 2 aliphatic rings. The lowest BCUT2D eigenvalue weighted by molar-refractivity contribution is -0.141. The van der Waals surface area contributed by atoms with E-state index >= 15 is 0 Å². The summed E-state index contributed by atoms with van der Waals surface area (Å²) in [6, 6.07) is -1.18. The first-order valence-electron chi connectivity index (χ1n) is 7.41. The fourth-order valence-electron chi connectivity index (χ4n) is 3.31. The van der Waals surface area contributed by atoms with E-state index in [4.69, 9.17) is 5.11 Å². The molecule has 0 aromatic rings. The summed E-state index contributed by atoms with van der Waals surface area (Å²) in [5, 5.41) is 18.7. The van der Waals surface area contributed by atoms with Crippen LogP contribution < -0.4 is 0 Å². The normalized spacial score (nSPS) is 27.6. The molecule has 2 rings (SSSR count). The van der Waals surface area contributed by atoms with Crippen LogP contribution in [-0.4, -0.2) is 64.3 Å². The Kier molecular flexibility index (Phi) is 4.86. The number of nitrogens with zero attached hydrogens (tertiary/aromatic N) is 2. The van der Waals surface area contributed by atoms with Gasteiger partial charge in [-0.05, 0) is 18.8 Å². The van der Waals surface area contributed by atoms with Crippen LogP contribution >= 0.6 is 0 Å². The zero-order chi connectivity index (χ0) is 14.7. The molecule has 1 saturated heterocycles. The Labute approximate surface area is 119 Å². The molecule has 1 saturated carbocycles. The Bertz CT molecular complexity index is 368. The number of hydrogen-bond acceptors (Lipinski definition) is 3. The number of urea groups is 1. The van der Waals surface area contributed by atoms with Gasteiger partial charge in [0.15, 0.2) is 0 Å². The second kappa shape index (κ2) is 6.43. The lowest BCUT2D eigenvalue weighted by Gasteiger charge is -2.31. The highest BCUT2D eigenvalue weighted by atomic mass is 16.4. The number of carbonyl (C=O) groups is 2. The van der Waals surface area contributed by atoms with Crippen LogP contribution in [0.1, 0.15) is 38.5 Å². The van der Waals surface area contributed by atoms with Crippen LogP contribution in [0.2, 0.25) is 0 Å². The van der Waals surface area contributed by atoms with Gasteiger partial charge in [-0.2, -0.15) is 0 Å². The van der Waals surface area contributed by atoms with E-state index in [1.807, 2.05) is 0 Å². The molecule has 1 aliphatic carbocycles. The number of rotatable bonds is 3. The standard InChI is InChI=1S/C14H24N2O4/c1-15(8-10-5-3-2-4-6-10)14(20)16-9-11(17)7-12(16)13(18)19/h10-12,17H,2-9H2,1H3,(H,18,19)/t11-,12-/m1/s1. The van der Waals surface area contributed by atoms with Gasteiger partial charge in [0.25, 0.3) is 0 Å². The topological polar surface area (TPSA) is 81.1 Å². The summed E-state index contributed by atoms with van der Waals surface area (Å²) in [5.41, 5.74) is 0. The summed E-state index contributed by atoms with van der Waals surface area (Å²) in [7, 11) is 1.72. The maximum atomic E-state index is 12.4. The third-order valence-corrected chi connectivity index (χ3v) is 4.39. The zero-order valence-corrected chi connectivity index (χ0v) is 12.0. The molecule has 2 amide bonds. The van der Waals surface area contributed by atoms with Crippen molar-refractivity contribution >= 4 is 12.0 Å². The van der Waals surface area contributed by atoms with E-state index in [0.717, 1.165) is 12.8 Å². The van der Waals surface area contributed by atoms with Gasteiger partial charge in [-0.1, -0.05) is 19.3 Å². The van der Waals surface area contributed by atoms with Gasteiger partial charge in [-0.25, -0.2) is 9.59 Å². The minimum absolute atomic E-state index is 0.116. The molecule has 0 spiro atoms. The van der Waals surface area contributed by atoms with Gasteiger partial charge in [0.2, 0.25) is 0 Å². The van der Waals surface area contributed by atoms with Crippen molar-refractivity contribution in [3.8, 4) is 0 Å². The van der Waals surface area contributed by atoms with E-state index in [1.54, 1.807) is 11.9 Å². The second-order valence-corrected chi connectivity index (χ2v) is 6.06. The van der Waals surface area contributed by atoms with E-state index in [0.29, 0.717) is 12.5 Å². The van der Waals surface area contributed by atoms with E-state index < -0.39 is 18.1 Å². The van der Waals surface area contributed by atoms with Gasteiger partial charge < -0.3 is 20.0 Å². The molecule has 1 heterocycles. The molecule has 0 aromatic carbocycles. The summed E-state index contributed by atoms with van der Waals surface area (Å²) in [6.45, 7) is 0.794. The Morgan fingerprint density at radius 2 is 1.90 bits per heavy atom. The van der Waals surface area contributed by atoms with Gasteiger partial charge >= 0.3 is 12.0 Å². The van der Waals surface area contributed by atoms with Crippen molar-refractivity contribution in [3.63, 3.8) is 0 Å².